The topological polar surface area (TPSA) is 145 Å². The van der Waals surface area contributed by atoms with Crippen molar-refractivity contribution in [2.75, 3.05) is 12.4 Å². The molecule has 1 amide bonds. The van der Waals surface area contributed by atoms with Crippen LogP contribution < -0.4 is 19.9 Å². The Morgan fingerprint density at radius 3 is 1.96 bits per heavy atom. The summed E-state index contributed by atoms with van der Waals surface area (Å²) in [6, 6.07) is 9.79. The summed E-state index contributed by atoms with van der Waals surface area (Å²) in [4.78, 5) is 12.1. The number of nitrogens with two attached hydrogens (primary N) is 1. The number of carbonyl (C=O) groups excluding carboxylic acids is 1. The summed E-state index contributed by atoms with van der Waals surface area (Å²) in [7, 11) is -6.29. The van der Waals surface area contributed by atoms with E-state index in [9.17, 15) is 21.6 Å². The Bertz CT molecular complexity index is 1020. The molecule has 0 heterocycles. The molecular formula is C16H19N3O6S2. The fourth-order valence-electron chi connectivity index (χ4n) is 2.09. The van der Waals surface area contributed by atoms with Crippen molar-refractivity contribution in [3.8, 4) is 5.75 Å². The standard InChI is InChI=1S/C16H19N3O6S2/c1-11(19-27(23,24)15-9-5-13(25-2)6-10-15)16(20)18-12-3-7-14(8-4-12)26(17,21)22/h3-11,19H,1-2H3,(H,18,20)(H2,17,21,22)/t11-/m0/s1. The maximum Gasteiger partial charge on any atom is 0.242 e. The molecule has 0 unspecified atom stereocenters. The largest absolute Gasteiger partial charge is 0.497 e. The molecule has 146 valence electrons. The third-order valence-electron chi connectivity index (χ3n) is 3.55. The van der Waals surface area contributed by atoms with Crippen LogP contribution >= 0.6 is 0 Å². The quantitative estimate of drug-likeness (QED) is 0.608. The van der Waals surface area contributed by atoms with Gasteiger partial charge in [0.1, 0.15) is 5.75 Å². The van der Waals surface area contributed by atoms with Gasteiger partial charge < -0.3 is 10.1 Å². The maximum absolute atomic E-state index is 12.3. The lowest BCUT2D eigenvalue weighted by molar-refractivity contribution is -0.117. The van der Waals surface area contributed by atoms with Crippen LogP contribution in [0, 0.1) is 0 Å². The molecule has 0 spiro atoms. The van der Waals surface area contributed by atoms with Gasteiger partial charge in [-0.3, -0.25) is 4.79 Å². The van der Waals surface area contributed by atoms with Crippen LogP contribution in [0.3, 0.4) is 0 Å². The average Bonchev–Trinajstić information content (AvgIpc) is 2.61. The molecule has 2 aromatic rings. The van der Waals surface area contributed by atoms with E-state index in [2.05, 4.69) is 10.0 Å². The Morgan fingerprint density at radius 1 is 0.963 bits per heavy atom. The monoisotopic (exact) mass is 413 g/mol. The summed E-state index contributed by atoms with van der Waals surface area (Å²) in [6.45, 7) is 1.38. The van der Waals surface area contributed by atoms with Crippen molar-refractivity contribution in [2.24, 2.45) is 5.14 Å². The van der Waals surface area contributed by atoms with Crippen LogP contribution in [-0.2, 0) is 24.8 Å². The normalized spacial score (nSPS) is 13.0. The number of nitrogens with one attached hydrogen (secondary N) is 2. The van der Waals surface area contributed by atoms with Crippen LogP contribution in [0.5, 0.6) is 5.75 Å². The molecule has 27 heavy (non-hydrogen) atoms. The lowest BCUT2D eigenvalue weighted by atomic mass is 10.3. The van der Waals surface area contributed by atoms with Crippen LogP contribution in [-0.4, -0.2) is 35.9 Å². The fourth-order valence-corrected chi connectivity index (χ4v) is 3.81. The van der Waals surface area contributed by atoms with Gasteiger partial charge in [0.25, 0.3) is 0 Å². The molecule has 0 aromatic heterocycles. The van der Waals surface area contributed by atoms with E-state index < -0.39 is 32.0 Å². The van der Waals surface area contributed by atoms with Gasteiger partial charge in [0.05, 0.1) is 22.9 Å². The number of amides is 1. The number of carbonyl (C=O) groups is 1. The summed E-state index contributed by atoms with van der Waals surface area (Å²) in [6.07, 6.45) is 0. The zero-order valence-electron chi connectivity index (χ0n) is 14.5. The number of hydrogen-bond donors (Lipinski definition) is 3. The van der Waals surface area contributed by atoms with E-state index in [1.807, 2.05) is 0 Å². The molecule has 0 saturated carbocycles. The molecule has 4 N–H and O–H groups in total. The van der Waals surface area contributed by atoms with E-state index in [-0.39, 0.29) is 9.79 Å². The molecule has 0 aliphatic carbocycles. The second-order valence-electron chi connectivity index (χ2n) is 5.58. The predicted octanol–water partition coefficient (Wildman–Crippen LogP) is 0.648. The number of methoxy groups -OCH3 is 1. The Balaban J connectivity index is 2.06. The number of hydrogen-bond acceptors (Lipinski definition) is 6. The van der Waals surface area contributed by atoms with Crippen molar-refractivity contribution in [3.05, 3.63) is 48.5 Å². The molecule has 9 nitrogen and oxygen atoms in total. The first kappa shape index (κ1) is 20.8. The highest BCUT2D eigenvalue weighted by Crippen LogP contribution is 2.16. The number of primary sulfonamides is 1. The Morgan fingerprint density at radius 2 is 1.48 bits per heavy atom. The molecule has 0 fully saturated rings. The second-order valence-corrected chi connectivity index (χ2v) is 8.85. The average molecular weight is 413 g/mol. The van der Waals surface area contributed by atoms with Crippen molar-refractivity contribution < 1.29 is 26.4 Å². The Kier molecular flexibility index (Phi) is 6.21. The van der Waals surface area contributed by atoms with Gasteiger partial charge in [-0.1, -0.05) is 0 Å². The maximum atomic E-state index is 12.3. The summed E-state index contributed by atoms with van der Waals surface area (Å²) in [5, 5.41) is 7.49. The van der Waals surface area contributed by atoms with E-state index in [4.69, 9.17) is 9.88 Å². The third-order valence-corrected chi connectivity index (χ3v) is 6.03. The van der Waals surface area contributed by atoms with Gasteiger partial charge in [-0.15, -0.1) is 0 Å². The molecule has 0 aliphatic heterocycles. The fraction of sp³-hybridized carbons (Fsp3) is 0.188. The first-order valence-corrected chi connectivity index (χ1v) is 10.7. The van der Waals surface area contributed by atoms with Crippen molar-refractivity contribution in [3.63, 3.8) is 0 Å². The van der Waals surface area contributed by atoms with Gasteiger partial charge in [-0.2, -0.15) is 4.72 Å². The van der Waals surface area contributed by atoms with Gasteiger partial charge in [0, 0.05) is 5.69 Å². The third kappa shape index (κ3) is 5.50. The highest BCUT2D eigenvalue weighted by Gasteiger charge is 2.22. The van der Waals surface area contributed by atoms with E-state index in [1.54, 1.807) is 0 Å². The predicted molar refractivity (Wildman–Crippen MR) is 99.2 cm³/mol. The highest BCUT2D eigenvalue weighted by atomic mass is 32.2. The number of anilines is 1. The van der Waals surface area contributed by atoms with E-state index in [0.29, 0.717) is 11.4 Å². The van der Waals surface area contributed by atoms with Crippen molar-refractivity contribution in [1.29, 1.82) is 0 Å². The van der Waals surface area contributed by atoms with E-state index in [1.165, 1.54) is 62.6 Å². The first-order chi connectivity index (χ1) is 12.5. The number of sulfonamides is 2. The SMILES string of the molecule is COc1ccc(S(=O)(=O)N[C@@H](C)C(=O)Nc2ccc(S(N)(=O)=O)cc2)cc1. The van der Waals surface area contributed by atoms with Crippen LogP contribution in [0.1, 0.15) is 6.92 Å². The minimum absolute atomic E-state index is 0.0135. The zero-order valence-corrected chi connectivity index (χ0v) is 16.2. The van der Waals surface area contributed by atoms with Crippen molar-refractivity contribution >= 4 is 31.6 Å². The molecule has 0 saturated heterocycles. The molecule has 0 bridgehead atoms. The molecule has 11 heteroatoms. The van der Waals surface area contributed by atoms with Crippen molar-refractivity contribution in [1.82, 2.24) is 4.72 Å². The van der Waals surface area contributed by atoms with E-state index in [0.717, 1.165) is 0 Å². The summed E-state index contributed by atoms with van der Waals surface area (Å²) >= 11 is 0. The van der Waals surface area contributed by atoms with Crippen LogP contribution in [0.15, 0.2) is 58.3 Å². The van der Waals surface area contributed by atoms with Crippen molar-refractivity contribution in [2.45, 2.75) is 22.8 Å². The lowest BCUT2D eigenvalue weighted by Crippen LogP contribution is -2.41. The van der Waals surface area contributed by atoms with Gasteiger partial charge in [0.2, 0.25) is 26.0 Å². The minimum Gasteiger partial charge on any atom is -0.497 e. The first-order valence-electron chi connectivity index (χ1n) is 7.63. The highest BCUT2D eigenvalue weighted by molar-refractivity contribution is 7.89. The molecule has 2 aromatic carbocycles. The van der Waals surface area contributed by atoms with Gasteiger partial charge in [-0.25, -0.2) is 22.0 Å². The summed E-state index contributed by atoms with van der Waals surface area (Å²) in [5.74, 6) is -0.113. The van der Waals surface area contributed by atoms with Gasteiger partial charge >= 0.3 is 0 Å². The van der Waals surface area contributed by atoms with Gasteiger partial charge in [0.15, 0.2) is 0 Å². The van der Waals surface area contributed by atoms with Crippen LogP contribution in [0.25, 0.3) is 0 Å². The van der Waals surface area contributed by atoms with Crippen LogP contribution in [0.2, 0.25) is 0 Å². The molecule has 1 atom stereocenters. The van der Waals surface area contributed by atoms with Crippen LogP contribution in [0.4, 0.5) is 5.69 Å². The Hall–Kier alpha value is -2.47. The Labute approximate surface area is 157 Å². The number of ether oxygens (including phenoxy) is 1. The minimum atomic E-state index is -3.91. The smallest absolute Gasteiger partial charge is 0.242 e. The zero-order chi connectivity index (χ0) is 20.2. The second kappa shape index (κ2) is 8.05. The number of rotatable bonds is 7. The molecule has 2 rings (SSSR count). The molecule has 0 radical (unpaired) electrons. The van der Waals surface area contributed by atoms with Gasteiger partial charge in [-0.05, 0) is 55.5 Å². The van der Waals surface area contributed by atoms with E-state index >= 15 is 0 Å². The lowest BCUT2D eigenvalue weighted by Gasteiger charge is -2.15. The summed E-state index contributed by atoms with van der Waals surface area (Å²) < 4.78 is 54.3. The molecule has 0 aliphatic rings. The molecular weight excluding hydrogens is 394 g/mol. The summed E-state index contributed by atoms with van der Waals surface area (Å²) in [5.41, 5.74) is 0.294. The number of benzene rings is 2.